The van der Waals surface area contributed by atoms with Gasteiger partial charge in [0.15, 0.2) is 0 Å². The summed E-state index contributed by atoms with van der Waals surface area (Å²) < 4.78 is 20.0. The van der Waals surface area contributed by atoms with Gasteiger partial charge in [0.2, 0.25) is 0 Å². The van der Waals surface area contributed by atoms with E-state index in [2.05, 4.69) is 13.8 Å². The van der Waals surface area contributed by atoms with Crippen LogP contribution < -0.4 is 5.73 Å². The van der Waals surface area contributed by atoms with Gasteiger partial charge in [-0.3, -0.25) is 5.41 Å². The van der Waals surface area contributed by atoms with Gasteiger partial charge in [0.1, 0.15) is 11.7 Å². The summed E-state index contributed by atoms with van der Waals surface area (Å²) in [7, 11) is 0. The molecule has 110 valence electrons. The second-order valence-electron chi connectivity index (χ2n) is 6.04. The van der Waals surface area contributed by atoms with Crippen molar-refractivity contribution in [3.05, 3.63) is 35.1 Å². The van der Waals surface area contributed by atoms with Crippen LogP contribution in [0.5, 0.6) is 0 Å². The number of ether oxygens (including phenoxy) is 1. The van der Waals surface area contributed by atoms with E-state index in [0.717, 1.165) is 12.8 Å². The Balaban J connectivity index is 2.00. The summed E-state index contributed by atoms with van der Waals surface area (Å²) in [6, 6.07) is 4.92. The van der Waals surface area contributed by atoms with E-state index in [1.54, 1.807) is 12.1 Å². The maximum absolute atomic E-state index is 14.1. The van der Waals surface area contributed by atoms with Crippen LogP contribution in [-0.4, -0.2) is 11.9 Å². The van der Waals surface area contributed by atoms with Crippen LogP contribution in [0, 0.1) is 23.1 Å². The normalized spacial score (nSPS) is 26.4. The van der Waals surface area contributed by atoms with Gasteiger partial charge in [0.05, 0.1) is 18.3 Å². The largest absolute Gasteiger partial charge is 0.384 e. The summed E-state index contributed by atoms with van der Waals surface area (Å²) in [5.74, 6) is 0.649. The standard InChI is InChI=1S/C16H23FN2O/c1-10-6-11(2)8-13(7-10)20-9-12-4-3-5-14(15(12)17)16(18)19/h3-5,10-11,13H,6-9H2,1-2H3,(H3,18,19). The Morgan fingerprint density at radius 1 is 1.30 bits per heavy atom. The molecule has 0 radical (unpaired) electrons. The first-order valence-corrected chi connectivity index (χ1v) is 7.20. The highest BCUT2D eigenvalue weighted by Crippen LogP contribution is 2.31. The van der Waals surface area contributed by atoms with Gasteiger partial charge in [-0.15, -0.1) is 0 Å². The van der Waals surface area contributed by atoms with Gasteiger partial charge in [-0.05, 0) is 37.2 Å². The van der Waals surface area contributed by atoms with Crippen molar-refractivity contribution in [3.63, 3.8) is 0 Å². The average Bonchev–Trinajstić information content (AvgIpc) is 2.36. The van der Waals surface area contributed by atoms with E-state index in [1.807, 2.05) is 0 Å². The third-order valence-electron chi connectivity index (χ3n) is 3.98. The highest BCUT2D eigenvalue weighted by Gasteiger charge is 2.24. The molecule has 1 aliphatic carbocycles. The molecule has 0 spiro atoms. The molecule has 0 aliphatic heterocycles. The molecule has 20 heavy (non-hydrogen) atoms. The first kappa shape index (κ1) is 15.0. The first-order chi connectivity index (χ1) is 9.47. The highest BCUT2D eigenvalue weighted by atomic mass is 19.1. The molecule has 0 heterocycles. The fraction of sp³-hybridized carbons (Fsp3) is 0.562. The van der Waals surface area contributed by atoms with Crippen LogP contribution in [-0.2, 0) is 11.3 Å². The van der Waals surface area contributed by atoms with Crippen LogP contribution in [0.3, 0.4) is 0 Å². The van der Waals surface area contributed by atoms with Crippen LogP contribution in [0.4, 0.5) is 4.39 Å². The Hall–Kier alpha value is -1.42. The Morgan fingerprint density at radius 3 is 2.55 bits per heavy atom. The number of hydrogen-bond donors (Lipinski definition) is 2. The van der Waals surface area contributed by atoms with Crippen LogP contribution >= 0.6 is 0 Å². The molecular weight excluding hydrogens is 255 g/mol. The second-order valence-corrected chi connectivity index (χ2v) is 6.04. The molecule has 4 heteroatoms. The van der Waals surface area contributed by atoms with E-state index in [4.69, 9.17) is 15.9 Å². The third kappa shape index (κ3) is 3.57. The van der Waals surface area contributed by atoms with E-state index in [0.29, 0.717) is 17.4 Å². The number of rotatable bonds is 4. The molecule has 1 aromatic carbocycles. The number of halogens is 1. The molecule has 3 nitrogen and oxygen atoms in total. The number of amidine groups is 1. The summed E-state index contributed by atoms with van der Waals surface area (Å²) in [6.07, 6.45) is 3.53. The molecule has 0 saturated heterocycles. The minimum absolute atomic E-state index is 0.150. The molecule has 3 N–H and O–H groups in total. The minimum Gasteiger partial charge on any atom is -0.384 e. The lowest BCUT2D eigenvalue weighted by atomic mass is 9.82. The number of benzene rings is 1. The van der Waals surface area contributed by atoms with Gasteiger partial charge in [-0.25, -0.2) is 4.39 Å². The molecular formula is C16H23FN2O. The minimum atomic E-state index is -0.433. The van der Waals surface area contributed by atoms with Gasteiger partial charge < -0.3 is 10.5 Å². The maximum atomic E-state index is 14.1. The van der Waals surface area contributed by atoms with E-state index < -0.39 is 5.82 Å². The fourth-order valence-corrected chi connectivity index (χ4v) is 3.12. The van der Waals surface area contributed by atoms with Crippen molar-refractivity contribution < 1.29 is 9.13 Å². The molecule has 2 rings (SSSR count). The average molecular weight is 278 g/mol. The van der Waals surface area contributed by atoms with Crippen molar-refractivity contribution in [1.29, 1.82) is 5.41 Å². The van der Waals surface area contributed by atoms with E-state index in [-0.39, 0.29) is 24.1 Å². The quantitative estimate of drug-likeness (QED) is 0.654. The Labute approximate surface area is 119 Å². The number of nitrogen functional groups attached to an aromatic ring is 1. The lowest BCUT2D eigenvalue weighted by Gasteiger charge is -2.31. The van der Waals surface area contributed by atoms with E-state index in [1.165, 1.54) is 12.5 Å². The molecule has 1 saturated carbocycles. The highest BCUT2D eigenvalue weighted by molar-refractivity contribution is 5.95. The Bertz CT molecular complexity index is 479. The topological polar surface area (TPSA) is 59.1 Å². The van der Waals surface area contributed by atoms with E-state index in [9.17, 15) is 4.39 Å². The molecule has 0 amide bonds. The lowest BCUT2D eigenvalue weighted by molar-refractivity contribution is -0.0102. The van der Waals surface area contributed by atoms with Crippen molar-refractivity contribution >= 4 is 5.84 Å². The van der Waals surface area contributed by atoms with Crippen LogP contribution in [0.2, 0.25) is 0 Å². The van der Waals surface area contributed by atoms with Crippen LogP contribution in [0.1, 0.15) is 44.2 Å². The van der Waals surface area contributed by atoms with Crippen molar-refractivity contribution in [2.45, 2.75) is 45.8 Å². The lowest BCUT2D eigenvalue weighted by Crippen LogP contribution is -2.26. The molecule has 1 aromatic rings. The Morgan fingerprint density at radius 2 is 1.95 bits per heavy atom. The number of nitrogens with one attached hydrogen (secondary N) is 1. The molecule has 2 atom stereocenters. The van der Waals surface area contributed by atoms with Crippen molar-refractivity contribution in [2.75, 3.05) is 0 Å². The van der Waals surface area contributed by atoms with Gasteiger partial charge in [0.25, 0.3) is 0 Å². The fourth-order valence-electron chi connectivity index (χ4n) is 3.12. The van der Waals surface area contributed by atoms with E-state index >= 15 is 0 Å². The summed E-state index contributed by atoms with van der Waals surface area (Å²) in [4.78, 5) is 0. The van der Waals surface area contributed by atoms with Gasteiger partial charge in [0, 0.05) is 5.56 Å². The summed E-state index contributed by atoms with van der Waals surface area (Å²) in [5.41, 5.74) is 5.99. The number of nitrogens with two attached hydrogens (primary N) is 1. The molecule has 1 aliphatic rings. The zero-order valence-corrected chi connectivity index (χ0v) is 12.2. The molecule has 1 fully saturated rings. The van der Waals surface area contributed by atoms with Gasteiger partial charge >= 0.3 is 0 Å². The predicted octanol–water partition coefficient (Wildman–Crippen LogP) is 3.45. The number of hydrogen-bond acceptors (Lipinski definition) is 2. The Kier molecular flexibility index (Phi) is 4.76. The van der Waals surface area contributed by atoms with Gasteiger partial charge in [-0.1, -0.05) is 26.0 Å². The zero-order valence-electron chi connectivity index (χ0n) is 12.2. The van der Waals surface area contributed by atoms with Crippen molar-refractivity contribution in [2.24, 2.45) is 17.6 Å². The smallest absolute Gasteiger partial charge is 0.139 e. The zero-order chi connectivity index (χ0) is 14.7. The predicted molar refractivity (Wildman–Crippen MR) is 78.2 cm³/mol. The summed E-state index contributed by atoms with van der Waals surface area (Å²) in [5, 5.41) is 7.35. The monoisotopic (exact) mass is 278 g/mol. The third-order valence-corrected chi connectivity index (χ3v) is 3.98. The van der Waals surface area contributed by atoms with Crippen molar-refractivity contribution in [3.8, 4) is 0 Å². The second kappa shape index (κ2) is 6.35. The SMILES string of the molecule is CC1CC(C)CC(OCc2cccc(C(=N)N)c2F)C1. The maximum Gasteiger partial charge on any atom is 0.139 e. The summed E-state index contributed by atoms with van der Waals surface area (Å²) in [6.45, 7) is 4.73. The van der Waals surface area contributed by atoms with Crippen LogP contribution in [0.15, 0.2) is 18.2 Å². The van der Waals surface area contributed by atoms with Crippen molar-refractivity contribution in [1.82, 2.24) is 0 Å². The molecule has 2 unspecified atom stereocenters. The summed E-state index contributed by atoms with van der Waals surface area (Å²) >= 11 is 0. The van der Waals surface area contributed by atoms with Crippen LogP contribution in [0.25, 0.3) is 0 Å². The molecule has 0 bridgehead atoms. The molecule has 0 aromatic heterocycles. The van der Waals surface area contributed by atoms with Gasteiger partial charge in [-0.2, -0.15) is 0 Å². The first-order valence-electron chi connectivity index (χ1n) is 7.20.